The van der Waals surface area contributed by atoms with E-state index < -0.39 is 5.54 Å². The molecule has 0 bridgehead atoms. The van der Waals surface area contributed by atoms with E-state index in [-0.39, 0.29) is 19.1 Å². The smallest absolute Gasteiger partial charge is 0.244 e. The van der Waals surface area contributed by atoms with E-state index in [0.717, 1.165) is 10.7 Å². The number of nitrogens with zero attached hydrogens (tertiary/aromatic N) is 1. The molecule has 6 heteroatoms. The number of hydrogen-bond donors (Lipinski definition) is 3. The zero-order valence-electron chi connectivity index (χ0n) is 9.80. The topological polar surface area (TPSA) is 82.5 Å². The number of aryl methyl sites for hydroxylation is 1. The van der Waals surface area contributed by atoms with Gasteiger partial charge in [-0.25, -0.2) is 4.98 Å². The van der Waals surface area contributed by atoms with Crippen molar-refractivity contribution in [1.29, 1.82) is 0 Å². The van der Waals surface area contributed by atoms with Gasteiger partial charge in [0.05, 0.1) is 29.5 Å². The van der Waals surface area contributed by atoms with Crippen molar-refractivity contribution in [1.82, 2.24) is 10.3 Å². The lowest BCUT2D eigenvalue weighted by Gasteiger charge is -2.25. The van der Waals surface area contributed by atoms with Crippen LogP contribution in [0.25, 0.3) is 6.08 Å². The van der Waals surface area contributed by atoms with Gasteiger partial charge in [-0.3, -0.25) is 4.79 Å². The Labute approximate surface area is 104 Å². The molecule has 1 amide bonds. The monoisotopic (exact) mass is 256 g/mol. The van der Waals surface area contributed by atoms with E-state index >= 15 is 0 Å². The maximum atomic E-state index is 11.5. The predicted octanol–water partition coefficient (Wildman–Crippen LogP) is 0.324. The van der Waals surface area contributed by atoms with Crippen LogP contribution in [0.1, 0.15) is 17.6 Å². The quantitative estimate of drug-likeness (QED) is 0.663. The second-order valence-corrected chi connectivity index (χ2v) is 5.05. The van der Waals surface area contributed by atoms with E-state index in [0.29, 0.717) is 0 Å². The summed E-state index contributed by atoms with van der Waals surface area (Å²) in [5, 5.41) is 23.3. The Hall–Kier alpha value is -1.24. The second-order valence-electron chi connectivity index (χ2n) is 3.99. The molecule has 3 N–H and O–H groups in total. The molecule has 0 aliphatic carbocycles. The number of aliphatic hydroxyl groups excluding tert-OH is 2. The third-order valence-corrected chi connectivity index (χ3v) is 2.96. The van der Waals surface area contributed by atoms with Crippen molar-refractivity contribution in [3.05, 3.63) is 22.2 Å². The number of aliphatic hydroxyl groups is 2. The molecule has 0 fully saturated rings. The zero-order valence-corrected chi connectivity index (χ0v) is 10.6. The SMILES string of the molecule is Cc1nc(/C=C/C(=O)NC(C)(CO)CO)cs1. The summed E-state index contributed by atoms with van der Waals surface area (Å²) in [5.41, 5.74) is -0.281. The van der Waals surface area contributed by atoms with Crippen LogP contribution < -0.4 is 5.32 Å². The number of aromatic nitrogens is 1. The van der Waals surface area contributed by atoms with Crippen LogP contribution in [0.15, 0.2) is 11.5 Å². The van der Waals surface area contributed by atoms with Crippen molar-refractivity contribution in [3.63, 3.8) is 0 Å². The third-order valence-electron chi connectivity index (χ3n) is 2.17. The van der Waals surface area contributed by atoms with Crippen LogP contribution in [0.2, 0.25) is 0 Å². The fourth-order valence-corrected chi connectivity index (χ4v) is 1.67. The van der Waals surface area contributed by atoms with Gasteiger partial charge < -0.3 is 15.5 Å². The van der Waals surface area contributed by atoms with Crippen LogP contribution in [0.5, 0.6) is 0 Å². The van der Waals surface area contributed by atoms with Crippen LogP contribution >= 0.6 is 11.3 Å². The van der Waals surface area contributed by atoms with Crippen molar-refractivity contribution >= 4 is 23.3 Å². The van der Waals surface area contributed by atoms with Crippen LogP contribution in [0, 0.1) is 6.92 Å². The first-order valence-electron chi connectivity index (χ1n) is 5.13. The standard InChI is InChI=1S/C11H16N2O3S/c1-8-12-9(5-17-8)3-4-10(16)13-11(2,6-14)7-15/h3-5,14-15H,6-7H2,1-2H3,(H,13,16)/b4-3+. The summed E-state index contributed by atoms with van der Waals surface area (Å²) < 4.78 is 0. The van der Waals surface area contributed by atoms with Gasteiger partial charge in [0.25, 0.3) is 0 Å². The van der Waals surface area contributed by atoms with Gasteiger partial charge in [-0.05, 0) is 19.9 Å². The molecule has 94 valence electrons. The van der Waals surface area contributed by atoms with Crippen LogP contribution in [-0.2, 0) is 4.79 Å². The minimum absolute atomic E-state index is 0.321. The van der Waals surface area contributed by atoms with Crippen LogP contribution in [0.3, 0.4) is 0 Å². The van der Waals surface area contributed by atoms with E-state index in [1.807, 2.05) is 12.3 Å². The lowest BCUT2D eigenvalue weighted by molar-refractivity contribution is -0.119. The highest BCUT2D eigenvalue weighted by atomic mass is 32.1. The van der Waals surface area contributed by atoms with E-state index in [9.17, 15) is 4.79 Å². The van der Waals surface area contributed by atoms with Crippen molar-refractivity contribution in [2.24, 2.45) is 0 Å². The molecule has 0 unspecified atom stereocenters. The number of hydrogen-bond acceptors (Lipinski definition) is 5. The highest BCUT2D eigenvalue weighted by Crippen LogP contribution is 2.09. The predicted molar refractivity (Wildman–Crippen MR) is 66.6 cm³/mol. The van der Waals surface area contributed by atoms with Gasteiger partial charge in [0.15, 0.2) is 0 Å². The number of carbonyl (C=O) groups excluding carboxylic acids is 1. The van der Waals surface area contributed by atoms with Gasteiger partial charge in [0, 0.05) is 11.5 Å². The summed E-state index contributed by atoms with van der Waals surface area (Å²) in [7, 11) is 0. The minimum Gasteiger partial charge on any atom is -0.394 e. The normalized spacial score (nSPS) is 12.0. The van der Waals surface area contributed by atoms with Gasteiger partial charge >= 0.3 is 0 Å². The Bertz CT molecular complexity index is 411. The van der Waals surface area contributed by atoms with Crippen LogP contribution in [-0.4, -0.2) is 39.9 Å². The van der Waals surface area contributed by atoms with E-state index in [4.69, 9.17) is 10.2 Å². The van der Waals surface area contributed by atoms with E-state index in [1.165, 1.54) is 17.4 Å². The Morgan fingerprint density at radius 2 is 2.24 bits per heavy atom. The second kappa shape index (κ2) is 5.90. The Kier molecular flexibility index (Phi) is 4.80. The van der Waals surface area contributed by atoms with Gasteiger partial charge in [0.1, 0.15) is 0 Å². The lowest BCUT2D eigenvalue weighted by atomic mass is 10.1. The molecule has 1 rings (SSSR count). The lowest BCUT2D eigenvalue weighted by Crippen LogP contribution is -2.51. The van der Waals surface area contributed by atoms with Gasteiger partial charge in [0.2, 0.25) is 5.91 Å². The molecule has 1 heterocycles. The third kappa shape index (κ3) is 4.26. The summed E-state index contributed by atoms with van der Waals surface area (Å²) in [4.78, 5) is 15.7. The fraction of sp³-hybridized carbons (Fsp3) is 0.455. The molecule has 1 aromatic heterocycles. The van der Waals surface area contributed by atoms with Crippen molar-refractivity contribution in [2.45, 2.75) is 19.4 Å². The van der Waals surface area contributed by atoms with Crippen molar-refractivity contribution in [2.75, 3.05) is 13.2 Å². The summed E-state index contributed by atoms with van der Waals surface area (Å²) in [5.74, 6) is -0.374. The molecule has 0 radical (unpaired) electrons. The average Bonchev–Trinajstić information content (AvgIpc) is 2.72. The number of nitrogens with one attached hydrogen (secondary N) is 1. The molecule has 5 nitrogen and oxygen atoms in total. The molecule has 1 aromatic rings. The Morgan fingerprint density at radius 1 is 1.59 bits per heavy atom. The molecular formula is C11H16N2O3S. The Morgan fingerprint density at radius 3 is 2.71 bits per heavy atom. The molecule has 0 atom stereocenters. The average molecular weight is 256 g/mol. The fourth-order valence-electron chi connectivity index (χ4n) is 1.09. The number of rotatable bonds is 5. The molecule has 0 spiro atoms. The molecular weight excluding hydrogens is 240 g/mol. The van der Waals surface area contributed by atoms with E-state index in [2.05, 4.69) is 10.3 Å². The first kappa shape index (κ1) is 13.8. The molecule has 0 aliphatic heterocycles. The molecule has 0 saturated heterocycles. The first-order valence-corrected chi connectivity index (χ1v) is 6.01. The highest BCUT2D eigenvalue weighted by Gasteiger charge is 2.23. The Balaban J connectivity index is 2.58. The van der Waals surface area contributed by atoms with Gasteiger partial charge in [-0.15, -0.1) is 11.3 Å². The first-order chi connectivity index (χ1) is 7.99. The number of amides is 1. The summed E-state index contributed by atoms with van der Waals surface area (Å²) >= 11 is 1.50. The van der Waals surface area contributed by atoms with Crippen LogP contribution in [0.4, 0.5) is 0 Å². The maximum absolute atomic E-state index is 11.5. The summed E-state index contributed by atoms with van der Waals surface area (Å²) in [6.07, 6.45) is 2.92. The largest absolute Gasteiger partial charge is 0.394 e. The zero-order chi connectivity index (χ0) is 12.9. The van der Waals surface area contributed by atoms with Gasteiger partial charge in [-0.2, -0.15) is 0 Å². The minimum atomic E-state index is -1.00. The van der Waals surface area contributed by atoms with Crippen molar-refractivity contribution in [3.8, 4) is 0 Å². The molecule has 0 saturated carbocycles. The van der Waals surface area contributed by atoms with Gasteiger partial charge in [-0.1, -0.05) is 0 Å². The number of carbonyl (C=O) groups is 1. The summed E-state index contributed by atoms with van der Waals surface area (Å²) in [6, 6.07) is 0. The highest BCUT2D eigenvalue weighted by molar-refractivity contribution is 7.09. The van der Waals surface area contributed by atoms with E-state index in [1.54, 1.807) is 13.0 Å². The van der Waals surface area contributed by atoms with Crippen molar-refractivity contribution < 1.29 is 15.0 Å². The molecule has 0 aliphatic rings. The maximum Gasteiger partial charge on any atom is 0.244 e. The molecule has 17 heavy (non-hydrogen) atoms. The number of thiazole rings is 1. The summed E-state index contributed by atoms with van der Waals surface area (Å²) in [6.45, 7) is 2.81. The molecule has 0 aromatic carbocycles.